The van der Waals surface area contributed by atoms with E-state index < -0.39 is 10.0 Å². The highest BCUT2D eigenvalue weighted by Crippen LogP contribution is 2.74. The van der Waals surface area contributed by atoms with Crippen LogP contribution in [0.5, 0.6) is 0 Å². The molecule has 3 aliphatic carbocycles. The molecule has 1 heterocycles. The van der Waals surface area contributed by atoms with Gasteiger partial charge in [-0.05, 0) is 36.3 Å². The maximum absolute atomic E-state index is 11.7. The number of benzene rings is 1. The molecule has 3 aliphatic rings. The molecular weight excluding hydrogens is 292 g/mol. The molecule has 5 rings (SSSR count). The van der Waals surface area contributed by atoms with Crippen molar-refractivity contribution in [1.82, 2.24) is 4.98 Å². The summed E-state index contributed by atoms with van der Waals surface area (Å²) in [7, 11) is -3.65. The lowest BCUT2D eigenvalue weighted by Crippen LogP contribution is -2.67. The Morgan fingerprint density at radius 3 is 2.45 bits per heavy atom. The first kappa shape index (κ1) is 12.5. The number of aromatic nitrogens is 1. The van der Waals surface area contributed by atoms with Crippen LogP contribution in [0, 0.1) is 0 Å². The second kappa shape index (κ2) is 3.69. The van der Waals surface area contributed by atoms with Crippen LogP contribution in [-0.4, -0.2) is 13.4 Å². The molecule has 104 valence electrons. The molecule has 2 bridgehead atoms. The van der Waals surface area contributed by atoms with Crippen molar-refractivity contribution in [3.8, 4) is 0 Å². The van der Waals surface area contributed by atoms with Crippen molar-refractivity contribution >= 4 is 21.4 Å². The number of hydrogen-bond donors (Lipinski definition) is 1. The fraction of sp³-hybridized carbons (Fsp3) is 0.357. The van der Waals surface area contributed by atoms with E-state index in [1.807, 2.05) is 23.7 Å². The number of thiazole rings is 1. The first-order valence-corrected chi connectivity index (χ1v) is 8.90. The molecule has 0 radical (unpaired) electrons. The predicted octanol–water partition coefficient (Wildman–Crippen LogP) is 2.16. The highest BCUT2D eigenvalue weighted by Gasteiger charge is 2.70. The molecule has 20 heavy (non-hydrogen) atoms. The van der Waals surface area contributed by atoms with Crippen LogP contribution < -0.4 is 5.14 Å². The number of sulfonamides is 1. The summed E-state index contributed by atoms with van der Waals surface area (Å²) in [5, 5.41) is 8.53. The normalized spacial score (nSPS) is 31.4. The van der Waals surface area contributed by atoms with Crippen molar-refractivity contribution in [1.29, 1.82) is 0 Å². The average Bonchev–Trinajstić information content (AvgIpc) is 2.78. The van der Waals surface area contributed by atoms with Gasteiger partial charge in [0.05, 0.1) is 9.90 Å². The molecule has 0 saturated heterocycles. The molecule has 2 aromatic rings. The van der Waals surface area contributed by atoms with Crippen LogP contribution >= 0.6 is 11.3 Å². The van der Waals surface area contributed by atoms with E-state index in [0.29, 0.717) is 0 Å². The average molecular weight is 306 g/mol. The van der Waals surface area contributed by atoms with Gasteiger partial charge in [-0.25, -0.2) is 18.5 Å². The summed E-state index contributed by atoms with van der Waals surface area (Å²) in [6, 6.07) is 7.14. The van der Waals surface area contributed by atoms with E-state index >= 15 is 0 Å². The first-order chi connectivity index (χ1) is 9.45. The van der Waals surface area contributed by atoms with Crippen LogP contribution in [0.25, 0.3) is 0 Å². The van der Waals surface area contributed by atoms with Crippen LogP contribution in [0.1, 0.15) is 29.8 Å². The summed E-state index contributed by atoms with van der Waals surface area (Å²) in [4.78, 5) is 4.70. The maximum atomic E-state index is 11.7. The molecule has 6 heteroatoms. The summed E-state index contributed by atoms with van der Waals surface area (Å²) in [6.07, 6.45) is 4.80. The second-order valence-corrected chi connectivity index (χ2v) is 8.39. The van der Waals surface area contributed by atoms with Crippen molar-refractivity contribution in [3.05, 3.63) is 46.4 Å². The largest absolute Gasteiger partial charge is 0.249 e. The van der Waals surface area contributed by atoms with Gasteiger partial charge in [-0.2, -0.15) is 0 Å². The summed E-state index contributed by atoms with van der Waals surface area (Å²) < 4.78 is 23.5. The van der Waals surface area contributed by atoms with Gasteiger partial charge >= 0.3 is 0 Å². The van der Waals surface area contributed by atoms with E-state index in [-0.39, 0.29) is 15.7 Å². The van der Waals surface area contributed by atoms with Gasteiger partial charge < -0.3 is 0 Å². The number of primary sulfonamides is 1. The third-order valence-corrected chi connectivity index (χ3v) is 6.67. The summed E-state index contributed by atoms with van der Waals surface area (Å²) >= 11 is 1.69. The first-order valence-electron chi connectivity index (χ1n) is 6.48. The van der Waals surface area contributed by atoms with Gasteiger partial charge in [-0.3, -0.25) is 0 Å². The molecular formula is C14H14N2O2S2. The third kappa shape index (κ3) is 1.50. The molecule has 0 unspecified atom stereocenters. The van der Waals surface area contributed by atoms with Crippen LogP contribution in [0.3, 0.4) is 0 Å². The minimum atomic E-state index is -3.65. The zero-order valence-electron chi connectivity index (χ0n) is 10.7. The van der Waals surface area contributed by atoms with Crippen LogP contribution in [-0.2, 0) is 20.9 Å². The van der Waals surface area contributed by atoms with E-state index in [1.54, 1.807) is 23.5 Å². The molecule has 0 amide bonds. The Kier molecular flexibility index (Phi) is 2.31. The van der Waals surface area contributed by atoms with E-state index in [1.165, 1.54) is 5.01 Å². The molecule has 4 nitrogen and oxygen atoms in total. The van der Waals surface area contributed by atoms with Gasteiger partial charge in [0.25, 0.3) is 0 Å². The molecule has 3 fully saturated rings. The number of hydrogen-bond acceptors (Lipinski definition) is 4. The lowest BCUT2D eigenvalue weighted by molar-refractivity contribution is -0.0712. The maximum Gasteiger partial charge on any atom is 0.238 e. The zero-order chi connectivity index (χ0) is 14.0. The SMILES string of the molecule is NS(=O)(=O)c1ccccc1C12CC(c3nccs3)(C1)C2. The minimum Gasteiger partial charge on any atom is -0.249 e. The van der Waals surface area contributed by atoms with Crippen molar-refractivity contribution in [2.75, 3.05) is 0 Å². The Bertz CT molecular complexity index is 761. The van der Waals surface area contributed by atoms with E-state index in [2.05, 4.69) is 4.98 Å². The number of nitrogens with two attached hydrogens (primary N) is 1. The summed E-state index contributed by atoms with van der Waals surface area (Å²) in [6.45, 7) is 0. The third-order valence-electron chi connectivity index (χ3n) is 4.68. The van der Waals surface area contributed by atoms with Gasteiger partial charge in [0.1, 0.15) is 0 Å². The Labute approximate surface area is 121 Å². The Morgan fingerprint density at radius 2 is 1.85 bits per heavy atom. The van der Waals surface area contributed by atoms with E-state index in [0.717, 1.165) is 24.8 Å². The van der Waals surface area contributed by atoms with Crippen LogP contribution in [0.4, 0.5) is 0 Å². The van der Waals surface area contributed by atoms with Crippen LogP contribution in [0.2, 0.25) is 0 Å². The lowest BCUT2D eigenvalue weighted by atomic mass is 9.33. The highest BCUT2D eigenvalue weighted by molar-refractivity contribution is 7.89. The van der Waals surface area contributed by atoms with Gasteiger partial charge in [-0.15, -0.1) is 11.3 Å². The zero-order valence-corrected chi connectivity index (χ0v) is 12.4. The fourth-order valence-electron chi connectivity index (χ4n) is 3.94. The van der Waals surface area contributed by atoms with Crippen LogP contribution in [0.15, 0.2) is 40.7 Å². The summed E-state index contributed by atoms with van der Waals surface area (Å²) in [5.74, 6) is 0. The predicted molar refractivity (Wildman–Crippen MR) is 77.1 cm³/mol. The van der Waals surface area contributed by atoms with Crippen molar-refractivity contribution in [2.45, 2.75) is 35.0 Å². The molecule has 0 aliphatic heterocycles. The summed E-state index contributed by atoms with van der Waals surface area (Å²) in [5.41, 5.74) is 1.08. The number of nitrogens with zero attached hydrogens (tertiary/aromatic N) is 1. The van der Waals surface area contributed by atoms with Crippen molar-refractivity contribution in [2.24, 2.45) is 5.14 Å². The minimum absolute atomic E-state index is 0.00525. The van der Waals surface area contributed by atoms with E-state index in [4.69, 9.17) is 5.14 Å². The molecule has 0 spiro atoms. The Balaban J connectivity index is 1.71. The molecule has 3 saturated carbocycles. The second-order valence-electron chi connectivity index (χ2n) is 5.97. The van der Waals surface area contributed by atoms with E-state index in [9.17, 15) is 8.42 Å². The smallest absolute Gasteiger partial charge is 0.238 e. The number of rotatable bonds is 3. The monoisotopic (exact) mass is 306 g/mol. The van der Waals surface area contributed by atoms with Gasteiger partial charge in [0.15, 0.2) is 0 Å². The standard InChI is InChI=1S/C14H14N2O2S2/c15-20(17,18)11-4-2-1-3-10(11)13-7-14(8-13,9-13)12-16-5-6-19-12/h1-6H,7-9H2,(H2,15,17,18). The molecule has 2 N–H and O–H groups in total. The molecule has 1 aromatic heterocycles. The lowest BCUT2D eigenvalue weighted by Gasteiger charge is -2.70. The van der Waals surface area contributed by atoms with Crippen molar-refractivity contribution in [3.63, 3.8) is 0 Å². The van der Waals surface area contributed by atoms with Gasteiger partial charge in [-0.1, -0.05) is 18.2 Å². The quantitative estimate of drug-likeness (QED) is 0.944. The highest BCUT2D eigenvalue weighted by atomic mass is 32.2. The van der Waals surface area contributed by atoms with Gasteiger partial charge in [0, 0.05) is 17.0 Å². The fourth-order valence-corrected chi connectivity index (χ4v) is 5.64. The van der Waals surface area contributed by atoms with Gasteiger partial charge in [0.2, 0.25) is 10.0 Å². The van der Waals surface area contributed by atoms with Crippen molar-refractivity contribution < 1.29 is 8.42 Å². The Morgan fingerprint density at radius 1 is 1.15 bits per heavy atom. The molecule has 0 atom stereocenters. The molecule has 1 aromatic carbocycles. The Hall–Kier alpha value is -1.24. The topological polar surface area (TPSA) is 73.1 Å².